The van der Waals surface area contributed by atoms with Gasteiger partial charge < -0.3 is 9.30 Å². The van der Waals surface area contributed by atoms with E-state index in [-0.39, 0.29) is 5.91 Å². The van der Waals surface area contributed by atoms with Crippen molar-refractivity contribution < 1.29 is 4.79 Å². The molecular weight excluding hydrogens is 226 g/mol. The molecule has 0 fully saturated rings. The zero-order valence-electron chi connectivity index (χ0n) is 11.4. The lowest BCUT2D eigenvalue weighted by Gasteiger charge is -2.08. The number of imidazole rings is 1. The van der Waals surface area contributed by atoms with Gasteiger partial charge in [-0.3, -0.25) is 4.79 Å². The summed E-state index contributed by atoms with van der Waals surface area (Å²) >= 11 is 0. The summed E-state index contributed by atoms with van der Waals surface area (Å²) in [6.45, 7) is 4.16. The first-order valence-electron chi connectivity index (χ1n) is 6.24. The van der Waals surface area contributed by atoms with Crippen LogP contribution in [0.1, 0.15) is 35.4 Å². The third-order valence-electron chi connectivity index (χ3n) is 3.01. The van der Waals surface area contributed by atoms with Crippen LogP contribution in [0.25, 0.3) is 5.52 Å². The molecule has 0 N–H and O–H groups in total. The highest BCUT2D eigenvalue weighted by molar-refractivity contribution is 5.98. The number of aromatic nitrogens is 2. The van der Waals surface area contributed by atoms with Gasteiger partial charge in [0.25, 0.3) is 5.91 Å². The maximum Gasteiger partial charge on any atom is 0.274 e. The number of hydrogen-bond donors (Lipinski definition) is 0. The van der Waals surface area contributed by atoms with Crippen LogP contribution < -0.4 is 0 Å². The molecular formula is C14H19N3O. The van der Waals surface area contributed by atoms with E-state index in [4.69, 9.17) is 0 Å². The molecule has 18 heavy (non-hydrogen) atoms. The molecule has 0 saturated heterocycles. The predicted octanol–water partition coefficient (Wildman–Crippen LogP) is 2.30. The second kappa shape index (κ2) is 4.80. The van der Waals surface area contributed by atoms with Crippen molar-refractivity contribution in [3.63, 3.8) is 0 Å². The van der Waals surface area contributed by atoms with E-state index < -0.39 is 0 Å². The second-order valence-corrected chi connectivity index (χ2v) is 4.71. The third kappa shape index (κ3) is 1.98. The van der Waals surface area contributed by atoms with Crippen molar-refractivity contribution in [3.05, 3.63) is 35.4 Å². The predicted molar refractivity (Wildman–Crippen MR) is 71.9 cm³/mol. The minimum absolute atomic E-state index is 0.0412. The molecule has 0 saturated carbocycles. The third-order valence-corrected chi connectivity index (χ3v) is 3.01. The Morgan fingerprint density at radius 3 is 2.72 bits per heavy atom. The molecule has 1 amide bonds. The normalized spacial score (nSPS) is 10.9. The number of rotatable bonds is 3. The molecule has 0 radical (unpaired) electrons. The topological polar surface area (TPSA) is 37.6 Å². The highest BCUT2D eigenvalue weighted by Crippen LogP contribution is 2.18. The average Bonchev–Trinajstić information content (AvgIpc) is 2.69. The van der Waals surface area contributed by atoms with Crippen LogP contribution in [0.2, 0.25) is 0 Å². The molecule has 96 valence electrons. The zero-order chi connectivity index (χ0) is 13.3. The van der Waals surface area contributed by atoms with Crippen molar-refractivity contribution in [3.8, 4) is 0 Å². The lowest BCUT2D eigenvalue weighted by Crippen LogP contribution is -2.22. The Bertz CT molecular complexity index is 584. The van der Waals surface area contributed by atoms with Gasteiger partial charge in [0.2, 0.25) is 0 Å². The largest absolute Gasteiger partial charge is 0.343 e. The minimum Gasteiger partial charge on any atom is -0.343 e. The standard InChI is InChI=1S/C14H19N3O/c1-5-7-12-15-13(14(18)16(3)4)11-9-6-8-10(2)17(11)12/h6,8-9H,5,7H2,1-4H3. The van der Waals surface area contributed by atoms with E-state index in [9.17, 15) is 4.79 Å². The van der Waals surface area contributed by atoms with Crippen LogP contribution in [-0.4, -0.2) is 34.3 Å². The van der Waals surface area contributed by atoms with E-state index in [1.165, 1.54) is 0 Å². The maximum atomic E-state index is 12.1. The number of aryl methyl sites for hydroxylation is 2. The molecule has 0 atom stereocenters. The first kappa shape index (κ1) is 12.6. The van der Waals surface area contributed by atoms with Crippen LogP contribution in [0.15, 0.2) is 18.2 Å². The summed E-state index contributed by atoms with van der Waals surface area (Å²) in [5.41, 5.74) is 2.56. The highest BCUT2D eigenvalue weighted by atomic mass is 16.2. The van der Waals surface area contributed by atoms with Gasteiger partial charge in [-0.15, -0.1) is 0 Å². The van der Waals surface area contributed by atoms with E-state index in [2.05, 4.69) is 16.3 Å². The Balaban J connectivity index is 2.69. The van der Waals surface area contributed by atoms with Gasteiger partial charge in [0.1, 0.15) is 5.82 Å². The average molecular weight is 245 g/mol. The van der Waals surface area contributed by atoms with Crippen molar-refractivity contribution in [2.24, 2.45) is 0 Å². The van der Waals surface area contributed by atoms with Crippen LogP contribution >= 0.6 is 0 Å². The van der Waals surface area contributed by atoms with Crippen LogP contribution in [0.5, 0.6) is 0 Å². The molecule has 0 unspecified atom stereocenters. The lowest BCUT2D eigenvalue weighted by molar-refractivity contribution is 0.0824. The van der Waals surface area contributed by atoms with Gasteiger partial charge in [-0.2, -0.15) is 0 Å². The summed E-state index contributed by atoms with van der Waals surface area (Å²) < 4.78 is 2.08. The maximum absolute atomic E-state index is 12.1. The number of nitrogens with zero attached hydrogens (tertiary/aromatic N) is 3. The number of fused-ring (bicyclic) bond motifs is 1. The lowest BCUT2D eigenvalue weighted by atomic mass is 10.2. The van der Waals surface area contributed by atoms with Gasteiger partial charge in [0, 0.05) is 26.2 Å². The summed E-state index contributed by atoms with van der Waals surface area (Å²) in [5, 5.41) is 0. The van der Waals surface area contributed by atoms with E-state index in [0.717, 1.165) is 29.9 Å². The molecule has 2 rings (SSSR count). The van der Waals surface area contributed by atoms with Crippen LogP contribution in [0, 0.1) is 6.92 Å². The van der Waals surface area contributed by atoms with Crippen LogP contribution in [-0.2, 0) is 6.42 Å². The van der Waals surface area contributed by atoms with Crippen molar-refractivity contribution in [1.29, 1.82) is 0 Å². The van der Waals surface area contributed by atoms with Gasteiger partial charge in [-0.25, -0.2) is 4.98 Å². The Hall–Kier alpha value is -1.84. The molecule has 0 aromatic carbocycles. The quantitative estimate of drug-likeness (QED) is 0.832. The Kier molecular flexibility index (Phi) is 3.36. The number of pyridine rings is 1. The summed E-state index contributed by atoms with van der Waals surface area (Å²) in [5.74, 6) is 0.927. The molecule has 0 aliphatic rings. The summed E-state index contributed by atoms with van der Waals surface area (Å²) in [6, 6.07) is 5.96. The Labute approximate surface area is 107 Å². The van der Waals surface area contributed by atoms with Crippen molar-refractivity contribution in [2.75, 3.05) is 14.1 Å². The summed E-state index contributed by atoms with van der Waals surface area (Å²) in [6.07, 6.45) is 1.90. The molecule has 4 nitrogen and oxygen atoms in total. The van der Waals surface area contributed by atoms with Gasteiger partial charge in [-0.05, 0) is 25.5 Å². The smallest absolute Gasteiger partial charge is 0.274 e. The van der Waals surface area contributed by atoms with Crippen LogP contribution in [0.4, 0.5) is 0 Å². The van der Waals surface area contributed by atoms with Gasteiger partial charge in [0.15, 0.2) is 5.69 Å². The highest BCUT2D eigenvalue weighted by Gasteiger charge is 2.19. The van der Waals surface area contributed by atoms with Crippen LogP contribution in [0.3, 0.4) is 0 Å². The molecule has 0 aliphatic heterocycles. The monoisotopic (exact) mass is 245 g/mol. The minimum atomic E-state index is -0.0412. The van der Waals surface area contributed by atoms with Gasteiger partial charge in [-0.1, -0.05) is 13.0 Å². The molecule has 0 aliphatic carbocycles. The molecule has 4 heteroatoms. The number of carbonyl (C=O) groups is 1. The van der Waals surface area contributed by atoms with Gasteiger partial charge in [0.05, 0.1) is 5.52 Å². The number of hydrogen-bond acceptors (Lipinski definition) is 2. The Morgan fingerprint density at radius 2 is 2.11 bits per heavy atom. The molecule has 2 aromatic rings. The van der Waals surface area contributed by atoms with E-state index in [1.54, 1.807) is 19.0 Å². The fourth-order valence-corrected chi connectivity index (χ4v) is 2.14. The summed E-state index contributed by atoms with van der Waals surface area (Å²) in [4.78, 5) is 18.2. The fraction of sp³-hybridized carbons (Fsp3) is 0.429. The molecule has 0 bridgehead atoms. The summed E-state index contributed by atoms with van der Waals surface area (Å²) in [7, 11) is 3.51. The second-order valence-electron chi connectivity index (χ2n) is 4.71. The molecule has 2 aromatic heterocycles. The molecule has 0 spiro atoms. The number of amides is 1. The van der Waals surface area contributed by atoms with E-state index in [1.807, 2.05) is 25.1 Å². The SMILES string of the molecule is CCCc1nc(C(=O)N(C)C)c2cccc(C)n12. The molecule has 2 heterocycles. The first-order chi connectivity index (χ1) is 8.56. The van der Waals surface area contributed by atoms with E-state index >= 15 is 0 Å². The van der Waals surface area contributed by atoms with Crippen molar-refractivity contribution in [2.45, 2.75) is 26.7 Å². The first-order valence-corrected chi connectivity index (χ1v) is 6.24. The van der Waals surface area contributed by atoms with E-state index in [0.29, 0.717) is 5.69 Å². The number of carbonyl (C=O) groups excluding carboxylic acids is 1. The Morgan fingerprint density at radius 1 is 1.39 bits per heavy atom. The van der Waals surface area contributed by atoms with Gasteiger partial charge >= 0.3 is 0 Å². The van der Waals surface area contributed by atoms with Crippen molar-refractivity contribution in [1.82, 2.24) is 14.3 Å². The van der Waals surface area contributed by atoms with Crippen molar-refractivity contribution >= 4 is 11.4 Å². The zero-order valence-corrected chi connectivity index (χ0v) is 11.4. The fourth-order valence-electron chi connectivity index (χ4n) is 2.14.